The normalized spacial score (nSPS) is 12.2. The molecule has 7 nitrogen and oxygen atoms in total. The summed E-state index contributed by atoms with van der Waals surface area (Å²) in [7, 11) is 0. The van der Waals surface area contributed by atoms with Crippen molar-refractivity contribution in [3.05, 3.63) is 139 Å². The lowest BCUT2D eigenvalue weighted by atomic mass is 9.87. The van der Waals surface area contributed by atoms with E-state index in [9.17, 15) is 0 Å². The molecule has 0 saturated carbocycles. The maximum absolute atomic E-state index is 6.70. The number of aromatic nitrogens is 5. The maximum Gasteiger partial charge on any atom is 0.221 e. The van der Waals surface area contributed by atoms with Crippen molar-refractivity contribution >= 4 is 44.5 Å². The molecule has 8 aromatic rings. The summed E-state index contributed by atoms with van der Waals surface area (Å²) < 4.78 is 11.0. The Morgan fingerprint density at radius 2 is 1.24 bits per heavy atom. The molecule has 4 aromatic heterocycles. The molecule has 4 heterocycles. The van der Waals surface area contributed by atoms with E-state index in [4.69, 9.17) is 19.7 Å². The van der Waals surface area contributed by atoms with Gasteiger partial charge in [-0.15, -0.1) is 0 Å². The first-order chi connectivity index (χ1) is 24.0. The third kappa shape index (κ3) is 5.75. The Morgan fingerprint density at radius 3 is 2.02 bits per heavy atom. The van der Waals surface area contributed by atoms with Gasteiger partial charge in [0, 0.05) is 34.8 Å². The summed E-state index contributed by atoms with van der Waals surface area (Å²) in [6, 6.07) is 41.4. The first-order valence-corrected chi connectivity index (χ1v) is 17.0. The van der Waals surface area contributed by atoms with Crippen LogP contribution in [0.3, 0.4) is 0 Å². The molecule has 1 N–H and O–H groups in total. The van der Waals surface area contributed by atoms with E-state index in [-0.39, 0.29) is 10.8 Å². The topological polar surface area (TPSA) is 69.8 Å². The third-order valence-electron chi connectivity index (χ3n) is 9.18. The van der Waals surface area contributed by atoms with Crippen molar-refractivity contribution in [3.8, 4) is 23.3 Å². The van der Waals surface area contributed by atoms with Crippen molar-refractivity contribution in [2.45, 2.75) is 52.4 Å². The van der Waals surface area contributed by atoms with Crippen molar-refractivity contribution < 1.29 is 4.74 Å². The standard InChI is InChI=1S/C43H40N6O/c1-42(2,3)28-22-23-44-38(24-28)48-35-18-12-10-16-32(35)33-21-20-31(27-37(33)48)50-40-26-29(43(4,5)6)25-39(47-40)49-36-19-13-11-17-34(36)46-41(49)45-30-14-8-7-9-15-30/h7-27H,1-6H3,(H,45,46). The van der Waals surface area contributed by atoms with E-state index in [0.29, 0.717) is 17.6 Å². The zero-order valence-corrected chi connectivity index (χ0v) is 29.3. The average molecular weight is 657 g/mol. The van der Waals surface area contributed by atoms with Gasteiger partial charge in [0.15, 0.2) is 0 Å². The molecular formula is C43H40N6O. The van der Waals surface area contributed by atoms with Crippen LogP contribution < -0.4 is 10.1 Å². The fourth-order valence-corrected chi connectivity index (χ4v) is 6.47. The molecule has 0 aliphatic rings. The number of para-hydroxylation sites is 4. The Morgan fingerprint density at radius 1 is 0.560 bits per heavy atom. The number of nitrogens with one attached hydrogen (secondary N) is 1. The maximum atomic E-state index is 6.70. The van der Waals surface area contributed by atoms with E-state index in [1.807, 2.05) is 66.9 Å². The summed E-state index contributed by atoms with van der Waals surface area (Å²) in [5.74, 6) is 3.47. The fourth-order valence-electron chi connectivity index (χ4n) is 6.47. The van der Waals surface area contributed by atoms with Crippen LogP contribution in [-0.2, 0) is 10.8 Å². The van der Waals surface area contributed by atoms with E-state index in [1.165, 1.54) is 5.56 Å². The van der Waals surface area contributed by atoms with Gasteiger partial charge in [0.25, 0.3) is 0 Å². The van der Waals surface area contributed by atoms with Crippen LogP contribution in [0.15, 0.2) is 128 Å². The molecule has 0 unspecified atom stereocenters. The Kier molecular flexibility index (Phi) is 7.44. The molecule has 0 radical (unpaired) electrons. The molecular weight excluding hydrogens is 617 g/mol. The van der Waals surface area contributed by atoms with Gasteiger partial charge in [-0.2, -0.15) is 4.98 Å². The first-order valence-electron chi connectivity index (χ1n) is 17.0. The molecule has 248 valence electrons. The summed E-state index contributed by atoms with van der Waals surface area (Å²) in [6.07, 6.45) is 1.90. The predicted octanol–water partition coefficient (Wildman–Crippen LogP) is 11.0. The van der Waals surface area contributed by atoms with Crippen molar-refractivity contribution in [2.24, 2.45) is 0 Å². The Hall–Kier alpha value is -5.95. The number of pyridine rings is 2. The summed E-state index contributed by atoms with van der Waals surface area (Å²) in [6.45, 7) is 13.3. The summed E-state index contributed by atoms with van der Waals surface area (Å²) in [5, 5.41) is 5.82. The van der Waals surface area contributed by atoms with Gasteiger partial charge in [-0.05, 0) is 82.6 Å². The lowest BCUT2D eigenvalue weighted by molar-refractivity contribution is 0.458. The molecule has 0 amide bonds. The zero-order valence-electron chi connectivity index (χ0n) is 29.3. The van der Waals surface area contributed by atoms with Gasteiger partial charge >= 0.3 is 0 Å². The Bertz CT molecular complexity index is 2510. The van der Waals surface area contributed by atoms with E-state index in [0.717, 1.165) is 55.7 Å². The van der Waals surface area contributed by atoms with E-state index in [2.05, 4.69) is 117 Å². The summed E-state index contributed by atoms with van der Waals surface area (Å²) in [5.41, 5.74) is 7.03. The molecule has 50 heavy (non-hydrogen) atoms. The monoisotopic (exact) mass is 656 g/mol. The van der Waals surface area contributed by atoms with Crippen LogP contribution in [0.1, 0.15) is 52.7 Å². The van der Waals surface area contributed by atoms with Crippen molar-refractivity contribution in [2.75, 3.05) is 5.32 Å². The highest BCUT2D eigenvalue weighted by Crippen LogP contribution is 2.37. The molecule has 0 aliphatic carbocycles. The number of hydrogen-bond acceptors (Lipinski definition) is 5. The Balaban J connectivity index is 1.27. The first kappa shape index (κ1) is 31.3. The van der Waals surface area contributed by atoms with Gasteiger partial charge in [-0.25, -0.2) is 9.97 Å². The third-order valence-corrected chi connectivity index (χ3v) is 9.18. The van der Waals surface area contributed by atoms with Gasteiger partial charge in [-0.3, -0.25) is 9.13 Å². The summed E-state index contributed by atoms with van der Waals surface area (Å²) in [4.78, 5) is 14.9. The highest BCUT2D eigenvalue weighted by molar-refractivity contribution is 6.09. The van der Waals surface area contributed by atoms with E-state index in [1.54, 1.807) is 0 Å². The number of anilines is 2. The zero-order chi connectivity index (χ0) is 34.6. The lowest BCUT2D eigenvalue weighted by Crippen LogP contribution is -2.13. The number of rotatable bonds is 6. The van der Waals surface area contributed by atoms with Crippen molar-refractivity contribution in [1.29, 1.82) is 0 Å². The van der Waals surface area contributed by atoms with Crippen LogP contribution in [0.25, 0.3) is 44.5 Å². The molecule has 0 atom stereocenters. The minimum atomic E-state index is -0.167. The average Bonchev–Trinajstić information content (AvgIpc) is 3.63. The van der Waals surface area contributed by atoms with Crippen molar-refractivity contribution in [1.82, 2.24) is 24.1 Å². The number of ether oxygens (including phenoxy) is 1. The predicted molar refractivity (Wildman–Crippen MR) is 205 cm³/mol. The van der Waals surface area contributed by atoms with Gasteiger partial charge < -0.3 is 10.1 Å². The van der Waals surface area contributed by atoms with Crippen LogP contribution in [0.2, 0.25) is 0 Å². The molecule has 8 rings (SSSR count). The Labute approximate surface area is 292 Å². The highest BCUT2D eigenvalue weighted by atomic mass is 16.5. The molecule has 7 heteroatoms. The second kappa shape index (κ2) is 11.9. The van der Waals surface area contributed by atoms with Crippen LogP contribution in [0.5, 0.6) is 11.6 Å². The molecule has 0 fully saturated rings. The number of nitrogens with zero attached hydrogens (tertiary/aromatic N) is 5. The molecule has 0 aliphatic heterocycles. The molecule has 0 saturated heterocycles. The highest BCUT2D eigenvalue weighted by Gasteiger charge is 2.22. The molecule has 4 aromatic carbocycles. The minimum Gasteiger partial charge on any atom is -0.439 e. The number of hydrogen-bond donors (Lipinski definition) is 1. The van der Waals surface area contributed by atoms with Gasteiger partial charge in [0.05, 0.1) is 22.1 Å². The minimum absolute atomic E-state index is 0.0107. The van der Waals surface area contributed by atoms with Crippen LogP contribution in [0.4, 0.5) is 11.6 Å². The second-order valence-electron chi connectivity index (χ2n) is 14.8. The molecule has 0 bridgehead atoms. The van der Waals surface area contributed by atoms with Crippen LogP contribution in [0, 0.1) is 0 Å². The SMILES string of the molecule is CC(C)(C)c1cc(Oc2ccc3c4ccccc4n(-c4cc(C(C)(C)C)ccn4)c3c2)nc(-n2c(Nc3ccccc3)nc3ccccc32)c1. The van der Waals surface area contributed by atoms with E-state index >= 15 is 0 Å². The number of benzene rings is 4. The van der Waals surface area contributed by atoms with Gasteiger partial charge in [-0.1, -0.05) is 90.1 Å². The van der Waals surface area contributed by atoms with Crippen LogP contribution >= 0.6 is 0 Å². The second-order valence-corrected chi connectivity index (χ2v) is 14.8. The smallest absolute Gasteiger partial charge is 0.221 e. The lowest BCUT2D eigenvalue weighted by Gasteiger charge is -2.21. The van der Waals surface area contributed by atoms with Gasteiger partial charge in [0.1, 0.15) is 17.4 Å². The number of fused-ring (bicyclic) bond motifs is 4. The quantitative estimate of drug-likeness (QED) is 0.193. The fraction of sp³-hybridized carbons (Fsp3) is 0.186. The molecule has 0 spiro atoms. The van der Waals surface area contributed by atoms with Crippen LogP contribution in [-0.4, -0.2) is 24.1 Å². The van der Waals surface area contributed by atoms with E-state index < -0.39 is 0 Å². The summed E-state index contributed by atoms with van der Waals surface area (Å²) >= 11 is 0. The van der Waals surface area contributed by atoms with Crippen molar-refractivity contribution in [3.63, 3.8) is 0 Å². The number of imidazole rings is 1. The van der Waals surface area contributed by atoms with Gasteiger partial charge in [0.2, 0.25) is 11.8 Å². The largest absolute Gasteiger partial charge is 0.439 e.